The maximum absolute atomic E-state index is 13.0. The highest BCUT2D eigenvalue weighted by Crippen LogP contribution is 2.35. The van der Waals surface area contributed by atoms with E-state index in [-0.39, 0.29) is 29.7 Å². The monoisotopic (exact) mass is 391 g/mol. The first-order valence-electron chi connectivity index (χ1n) is 8.05. The van der Waals surface area contributed by atoms with Crippen LogP contribution in [0, 0.1) is 15.9 Å². The van der Waals surface area contributed by atoms with E-state index in [1.54, 1.807) is 13.8 Å². The molecule has 2 rings (SSSR count). The number of nitrogens with one attached hydrogen (secondary N) is 2. The fraction of sp³-hybridized carbons (Fsp3) is 0.222. The van der Waals surface area contributed by atoms with E-state index in [1.807, 2.05) is 0 Å². The summed E-state index contributed by atoms with van der Waals surface area (Å²) in [5, 5.41) is 16.4. The summed E-state index contributed by atoms with van der Waals surface area (Å²) in [6.45, 7) is 3.36. The standard InChI is InChI=1S/C18H18FN3O4S/c1-11(2)21-17(23)10-20-18(24)12-3-8-16(15(9-12)22(25)26)27-14-6-4-13(19)5-7-14/h3-9,11H,10H2,1-2H3,(H,20,24)(H,21,23). The van der Waals surface area contributed by atoms with E-state index in [1.165, 1.54) is 36.4 Å². The van der Waals surface area contributed by atoms with Crippen LogP contribution in [0.1, 0.15) is 24.2 Å². The Labute approximate surface area is 159 Å². The van der Waals surface area contributed by atoms with Gasteiger partial charge in [0.05, 0.1) is 16.4 Å². The summed E-state index contributed by atoms with van der Waals surface area (Å²) in [5.41, 5.74) is -0.175. The molecule has 0 spiro atoms. The van der Waals surface area contributed by atoms with Crippen molar-refractivity contribution in [1.29, 1.82) is 0 Å². The number of amides is 2. The van der Waals surface area contributed by atoms with E-state index in [4.69, 9.17) is 0 Å². The number of benzene rings is 2. The number of nitro benzene ring substituents is 1. The molecule has 0 heterocycles. The molecule has 27 heavy (non-hydrogen) atoms. The largest absolute Gasteiger partial charge is 0.352 e. The normalized spacial score (nSPS) is 10.5. The molecule has 0 bridgehead atoms. The summed E-state index contributed by atoms with van der Waals surface area (Å²) < 4.78 is 13.0. The predicted molar refractivity (Wildman–Crippen MR) is 99.2 cm³/mol. The number of carbonyl (C=O) groups excluding carboxylic acids is 2. The highest BCUT2D eigenvalue weighted by molar-refractivity contribution is 7.99. The number of hydrogen-bond donors (Lipinski definition) is 2. The fourth-order valence-corrected chi connectivity index (χ4v) is 3.05. The van der Waals surface area contributed by atoms with Gasteiger partial charge in [-0.2, -0.15) is 0 Å². The van der Waals surface area contributed by atoms with Gasteiger partial charge in [-0.15, -0.1) is 0 Å². The van der Waals surface area contributed by atoms with Crippen LogP contribution in [-0.4, -0.2) is 29.3 Å². The summed E-state index contributed by atoms with van der Waals surface area (Å²) in [6.07, 6.45) is 0. The molecule has 7 nitrogen and oxygen atoms in total. The SMILES string of the molecule is CC(C)NC(=O)CNC(=O)c1ccc(Sc2ccc(F)cc2)c([N+](=O)[O-])c1. The number of halogens is 1. The Morgan fingerprint density at radius 3 is 2.44 bits per heavy atom. The van der Waals surface area contributed by atoms with Crippen molar-refractivity contribution in [3.05, 3.63) is 64.0 Å². The average molecular weight is 391 g/mol. The summed E-state index contributed by atoms with van der Waals surface area (Å²) in [4.78, 5) is 35.5. The average Bonchev–Trinajstić information content (AvgIpc) is 2.61. The smallest absolute Gasteiger partial charge is 0.284 e. The maximum Gasteiger partial charge on any atom is 0.284 e. The first kappa shape index (κ1) is 20.4. The van der Waals surface area contributed by atoms with Gasteiger partial charge in [-0.05, 0) is 50.2 Å². The van der Waals surface area contributed by atoms with E-state index in [0.29, 0.717) is 9.79 Å². The van der Waals surface area contributed by atoms with Gasteiger partial charge in [0.1, 0.15) is 5.82 Å². The van der Waals surface area contributed by atoms with Gasteiger partial charge in [-0.1, -0.05) is 11.8 Å². The van der Waals surface area contributed by atoms with Crippen molar-refractivity contribution < 1.29 is 18.9 Å². The minimum atomic E-state index is -0.589. The Morgan fingerprint density at radius 2 is 1.85 bits per heavy atom. The minimum absolute atomic E-state index is 0.0572. The highest BCUT2D eigenvalue weighted by atomic mass is 32.2. The predicted octanol–water partition coefficient (Wildman–Crippen LogP) is 3.14. The second-order valence-corrected chi connectivity index (χ2v) is 7.02. The lowest BCUT2D eigenvalue weighted by molar-refractivity contribution is -0.387. The molecule has 2 N–H and O–H groups in total. The van der Waals surface area contributed by atoms with Crippen LogP contribution in [0.3, 0.4) is 0 Å². The Bertz CT molecular complexity index is 856. The molecule has 0 fully saturated rings. The van der Waals surface area contributed by atoms with Crippen molar-refractivity contribution in [2.24, 2.45) is 0 Å². The molecule has 2 amide bonds. The van der Waals surface area contributed by atoms with Crippen molar-refractivity contribution in [2.45, 2.75) is 29.7 Å². The Kier molecular flexibility index (Phi) is 6.89. The van der Waals surface area contributed by atoms with Crippen LogP contribution in [0.25, 0.3) is 0 Å². The van der Waals surface area contributed by atoms with Crippen LogP contribution in [0.15, 0.2) is 52.3 Å². The molecule has 0 saturated heterocycles. The molecule has 0 aliphatic carbocycles. The van der Waals surface area contributed by atoms with Gasteiger partial charge in [0.15, 0.2) is 0 Å². The summed E-state index contributed by atoms with van der Waals surface area (Å²) in [6, 6.07) is 9.54. The number of nitro groups is 1. The fourth-order valence-electron chi connectivity index (χ4n) is 2.15. The van der Waals surface area contributed by atoms with E-state index < -0.39 is 16.6 Å². The second-order valence-electron chi connectivity index (χ2n) is 5.90. The molecule has 142 valence electrons. The molecule has 2 aromatic carbocycles. The van der Waals surface area contributed by atoms with Crippen LogP contribution in [0.5, 0.6) is 0 Å². The summed E-state index contributed by atoms with van der Waals surface area (Å²) in [5.74, 6) is -1.34. The third-order valence-electron chi connectivity index (χ3n) is 3.32. The van der Waals surface area contributed by atoms with Crippen LogP contribution in [0.2, 0.25) is 0 Å². The van der Waals surface area contributed by atoms with Crippen molar-refractivity contribution >= 4 is 29.3 Å². The van der Waals surface area contributed by atoms with Crippen molar-refractivity contribution in [3.8, 4) is 0 Å². The van der Waals surface area contributed by atoms with E-state index in [0.717, 1.165) is 17.8 Å². The van der Waals surface area contributed by atoms with Crippen molar-refractivity contribution in [1.82, 2.24) is 10.6 Å². The molecule has 2 aromatic rings. The Morgan fingerprint density at radius 1 is 1.19 bits per heavy atom. The molecule has 0 aliphatic heterocycles. The lowest BCUT2D eigenvalue weighted by Gasteiger charge is -2.10. The zero-order chi connectivity index (χ0) is 20.0. The van der Waals surface area contributed by atoms with E-state index in [2.05, 4.69) is 10.6 Å². The zero-order valence-electron chi connectivity index (χ0n) is 14.7. The summed E-state index contributed by atoms with van der Waals surface area (Å²) in [7, 11) is 0. The first-order valence-corrected chi connectivity index (χ1v) is 8.87. The van der Waals surface area contributed by atoms with Crippen molar-refractivity contribution in [2.75, 3.05) is 6.54 Å². The van der Waals surface area contributed by atoms with Crippen LogP contribution in [-0.2, 0) is 4.79 Å². The van der Waals surface area contributed by atoms with E-state index >= 15 is 0 Å². The first-order chi connectivity index (χ1) is 12.8. The van der Waals surface area contributed by atoms with Crippen LogP contribution < -0.4 is 10.6 Å². The molecule has 0 saturated carbocycles. The van der Waals surface area contributed by atoms with Crippen molar-refractivity contribution in [3.63, 3.8) is 0 Å². The Balaban J connectivity index is 2.14. The lowest BCUT2D eigenvalue weighted by Crippen LogP contribution is -2.39. The van der Waals surface area contributed by atoms with Gasteiger partial charge < -0.3 is 10.6 Å². The van der Waals surface area contributed by atoms with Gasteiger partial charge in [0.2, 0.25) is 5.91 Å². The van der Waals surface area contributed by atoms with Gasteiger partial charge in [-0.25, -0.2) is 4.39 Å². The number of rotatable bonds is 7. The minimum Gasteiger partial charge on any atom is -0.352 e. The highest BCUT2D eigenvalue weighted by Gasteiger charge is 2.19. The number of nitrogens with zero attached hydrogens (tertiary/aromatic N) is 1. The maximum atomic E-state index is 13.0. The number of hydrogen-bond acceptors (Lipinski definition) is 5. The van der Waals surface area contributed by atoms with Gasteiger partial charge in [0, 0.05) is 22.6 Å². The zero-order valence-corrected chi connectivity index (χ0v) is 15.5. The molecule has 0 unspecified atom stereocenters. The second kappa shape index (κ2) is 9.13. The van der Waals surface area contributed by atoms with Gasteiger partial charge >= 0.3 is 0 Å². The topological polar surface area (TPSA) is 101 Å². The molecule has 9 heteroatoms. The van der Waals surface area contributed by atoms with Crippen LogP contribution >= 0.6 is 11.8 Å². The van der Waals surface area contributed by atoms with E-state index in [9.17, 15) is 24.1 Å². The molecular weight excluding hydrogens is 373 g/mol. The third-order valence-corrected chi connectivity index (χ3v) is 4.39. The molecule has 0 aliphatic rings. The molecule has 0 radical (unpaired) electrons. The number of carbonyl (C=O) groups is 2. The third kappa shape index (κ3) is 6.07. The van der Waals surface area contributed by atoms with Gasteiger partial charge in [0.25, 0.3) is 11.6 Å². The molecular formula is C18H18FN3O4S. The van der Waals surface area contributed by atoms with Crippen LogP contribution in [0.4, 0.5) is 10.1 Å². The lowest BCUT2D eigenvalue weighted by atomic mass is 10.2. The Hall–Kier alpha value is -2.94. The van der Waals surface area contributed by atoms with Gasteiger partial charge in [-0.3, -0.25) is 19.7 Å². The quantitative estimate of drug-likeness (QED) is 0.558. The molecule has 0 aromatic heterocycles. The molecule has 0 atom stereocenters. The summed E-state index contributed by atoms with van der Waals surface area (Å²) >= 11 is 1.09.